The maximum atomic E-state index is 12.2. The first-order valence-electron chi connectivity index (χ1n) is 13.3. The van der Waals surface area contributed by atoms with Gasteiger partial charge in [0.2, 0.25) is 0 Å². The molecule has 9 atom stereocenters. The summed E-state index contributed by atoms with van der Waals surface area (Å²) < 4.78 is 18.2. The number of halogens is 3. The van der Waals surface area contributed by atoms with E-state index in [1.54, 1.807) is 13.8 Å². The first-order valence-corrected chi connectivity index (χ1v) is 13.3. The van der Waals surface area contributed by atoms with E-state index >= 15 is 0 Å². The molecule has 0 aromatic carbocycles. The van der Waals surface area contributed by atoms with Crippen molar-refractivity contribution in [2.75, 3.05) is 24.7 Å². The molecule has 0 amide bonds. The second kappa shape index (κ2) is 17.0. The van der Waals surface area contributed by atoms with Crippen LogP contribution in [0.1, 0.15) is 40.2 Å². The summed E-state index contributed by atoms with van der Waals surface area (Å²) in [6, 6.07) is 1.84. The predicted octanol–water partition coefficient (Wildman–Crippen LogP) is -2.55. The lowest BCUT2D eigenvalue weighted by Gasteiger charge is -2.30. The number of hydrogen-bond acceptors (Lipinski definition) is 16. The Kier molecular flexibility index (Phi) is 16.0. The van der Waals surface area contributed by atoms with Crippen molar-refractivity contribution in [3.8, 4) is 0 Å². The van der Waals surface area contributed by atoms with Gasteiger partial charge in [0.25, 0.3) is 0 Å². The van der Waals surface area contributed by atoms with Gasteiger partial charge in [-0.05, 0) is 31.9 Å². The van der Waals surface area contributed by atoms with Crippen molar-refractivity contribution in [2.24, 2.45) is 11.7 Å². The molecule has 2 saturated heterocycles. The summed E-state index contributed by atoms with van der Waals surface area (Å²) in [4.78, 5) is 42.9. The average Bonchev–Trinajstić information content (AvgIpc) is 3.31. The number of aliphatic hydroxyl groups excluding tert-OH is 3. The van der Waals surface area contributed by atoms with Gasteiger partial charge in [-0.1, -0.05) is 13.8 Å². The summed E-state index contributed by atoms with van der Waals surface area (Å²) in [6.45, 7) is 5.17. The van der Waals surface area contributed by atoms with Gasteiger partial charge >= 0.3 is 17.3 Å². The highest BCUT2D eigenvalue weighted by Gasteiger charge is 2.56. The van der Waals surface area contributed by atoms with E-state index in [1.807, 2.05) is 0 Å². The summed E-state index contributed by atoms with van der Waals surface area (Å²) in [5.41, 5.74) is 11.6. The highest BCUT2D eigenvalue weighted by atomic mass is 35.5. The zero-order chi connectivity index (χ0) is 32.4. The van der Waals surface area contributed by atoms with Crippen molar-refractivity contribution >= 4 is 54.8 Å². The van der Waals surface area contributed by atoms with Crippen LogP contribution in [0.5, 0.6) is 0 Å². The number of anilines is 2. The molecular weight excluding hydrogens is 681 g/mol. The second-order valence-corrected chi connectivity index (χ2v) is 11.0. The van der Waals surface area contributed by atoms with Crippen molar-refractivity contribution in [1.29, 1.82) is 0 Å². The van der Waals surface area contributed by atoms with Gasteiger partial charge in [-0.25, -0.2) is 9.59 Å². The van der Waals surface area contributed by atoms with Gasteiger partial charge in [-0.15, -0.1) is 37.2 Å². The predicted molar refractivity (Wildman–Crippen MR) is 170 cm³/mol. The molecule has 0 radical (unpaired) electrons. The van der Waals surface area contributed by atoms with Gasteiger partial charge in [-0.2, -0.15) is 9.97 Å². The lowest BCUT2D eigenvalue weighted by Crippen LogP contribution is -2.51. The summed E-state index contributed by atoms with van der Waals surface area (Å²) in [5, 5.41) is 49.4. The summed E-state index contributed by atoms with van der Waals surface area (Å²) in [7, 11) is 0. The van der Waals surface area contributed by atoms with Gasteiger partial charge in [0.05, 0.1) is 13.2 Å². The zero-order valence-electron chi connectivity index (χ0n) is 25.3. The number of nitrogens with two attached hydrogens (primary N) is 3. The molecule has 21 heteroatoms. The number of aromatic nitrogens is 4. The van der Waals surface area contributed by atoms with Crippen LogP contribution in [0.25, 0.3) is 0 Å². The maximum Gasteiger partial charge on any atom is 0.351 e. The van der Waals surface area contributed by atoms with E-state index in [2.05, 4.69) is 9.97 Å². The SMILES string of the molecule is CC(C)[C@H](N)C(=O)OC1[C@@H](CO)O[C@@H](n2ccc(N)nc2=O)[C@@]1(C)O.C[C@]1(O)C(O)[C@@H](CO)O[C@H]1n1ccc(N)nc1=O.Cl.Cl.Cl. The van der Waals surface area contributed by atoms with Gasteiger partial charge < -0.3 is 56.9 Å². The molecule has 0 aliphatic carbocycles. The van der Waals surface area contributed by atoms with E-state index in [4.69, 9.17) is 36.5 Å². The second-order valence-electron chi connectivity index (χ2n) is 11.0. The monoisotopic (exact) mass is 721 g/mol. The quantitative estimate of drug-likeness (QED) is 0.137. The summed E-state index contributed by atoms with van der Waals surface area (Å²) in [5.74, 6) is -0.838. The number of aliphatic hydroxyl groups is 5. The molecule has 2 unspecified atom stereocenters. The van der Waals surface area contributed by atoms with Crippen LogP contribution in [0.4, 0.5) is 11.6 Å². The smallest absolute Gasteiger partial charge is 0.351 e. The largest absolute Gasteiger partial charge is 0.455 e. The average molecular weight is 723 g/mol. The number of nitrogen functional groups attached to an aromatic ring is 2. The van der Waals surface area contributed by atoms with Crippen LogP contribution >= 0.6 is 37.2 Å². The Morgan fingerprint density at radius 1 is 0.913 bits per heavy atom. The van der Waals surface area contributed by atoms with Crippen LogP contribution in [-0.2, 0) is 19.0 Å². The lowest BCUT2D eigenvalue weighted by molar-refractivity contribution is -0.166. The van der Waals surface area contributed by atoms with Crippen molar-refractivity contribution in [1.82, 2.24) is 19.1 Å². The third-order valence-electron chi connectivity index (χ3n) is 7.27. The maximum absolute atomic E-state index is 12.2. The van der Waals surface area contributed by atoms with Gasteiger partial charge in [0, 0.05) is 12.4 Å². The van der Waals surface area contributed by atoms with E-state index in [0.717, 1.165) is 9.13 Å². The number of carbonyl (C=O) groups is 1. The van der Waals surface area contributed by atoms with Crippen LogP contribution in [-0.4, -0.2) is 105 Å². The fourth-order valence-corrected chi connectivity index (χ4v) is 4.65. The highest BCUT2D eigenvalue weighted by molar-refractivity contribution is 5.86. The zero-order valence-corrected chi connectivity index (χ0v) is 27.7. The normalized spacial score (nSPS) is 30.6. The number of hydrogen-bond donors (Lipinski definition) is 8. The molecule has 4 rings (SSSR count). The van der Waals surface area contributed by atoms with Crippen molar-refractivity contribution in [3.63, 3.8) is 0 Å². The minimum Gasteiger partial charge on any atom is -0.455 e. The molecule has 18 nitrogen and oxygen atoms in total. The third kappa shape index (κ3) is 8.84. The number of rotatable bonds is 7. The van der Waals surface area contributed by atoms with Crippen molar-refractivity contribution in [3.05, 3.63) is 45.5 Å². The highest BCUT2D eigenvalue weighted by Crippen LogP contribution is 2.40. The van der Waals surface area contributed by atoms with Crippen LogP contribution < -0.4 is 28.6 Å². The van der Waals surface area contributed by atoms with Crippen LogP contribution in [0.3, 0.4) is 0 Å². The number of nitrogens with zero attached hydrogens (tertiary/aromatic N) is 4. The Morgan fingerprint density at radius 3 is 1.70 bits per heavy atom. The standard InChI is InChI=1S/C15H24N4O6.C10H15N3O5.3ClH/c1-7(2)10(17)12(21)25-11-8(6-20)24-13(15(11,3)23)19-5-4-9(16)18-14(19)22;1-10(17)7(15)5(4-14)18-8(10)13-3-2-6(11)12-9(13)16;;;/h4-5,7-8,10-11,13,20,23H,6,17H2,1-3H3,(H2,16,18,22);2-3,5,7-8,14-15,17H,4H2,1H3,(H2,11,12,16);3*1H/t8-,10+,11?,13-,15+;5-,7?,8-,10+;;;/m11.../s1. The molecular formula is C25H42Cl3N7O11. The van der Waals surface area contributed by atoms with Crippen LogP contribution in [0, 0.1) is 5.92 Å². The minimum absolute atomic E-state index is 0. The summed E-state index contributed by atoms with van der Waals surface area (Å²) >= 11 is 0. The first-order chi connectivity index (χ1) is 20.0. The van der Waals surface area contributed by atoms with Gasteiger partial charge in [-0.3, -0.25) is 13.9 Å². The molecule has 2 aromatic rings. The minimum atomic E-state index is -1.80. The first kappa shape index (κ1) is 43.4. The fourth-order valence-electron chi connectivity index (χ4n) is 4.65. The molecule has 0 saturated carbocycles. The topological polar surface area (TPSA) is 294 Å². The molecule has 46 heavy (non-hydrogen) atoms. The van der Waals surface area contributed by atoms with Gasteiger partial charge in [0.1, 0.15) is 47.2 Å². The van der Waals surface area contributed by atoms with E-state index in [1.165, 1.54) is 38.4 Å². The van der Waals surface area contributed by atoms with E-state index in [0.29, 0.717) is 0 Å². The van der Waals surface area contributed by atoms with E-state index < -0.39 is 84.7 Å². The molecule has 2 aliphatic rings. The Hall–Kier alpha value is -2.62. The molecule has 0 spiro atoms. The van der Waals surface area contributed by atoms with Crippen molar-refractivity contribution < 1.29 is 44.5 Å². The molecule has 4 heterocycles. The molecule has 2 aromatic heterocycles. The molecule has 11 N–H and O–H groups in total. The summed E-state index contributed by atoms with van der Waals surface area (Å²) in [6.07, 6.45) is -4.26. The van der Waals surface area contributed by atoms with E-state index in [9.17, 15) is 34.8 Å². The molecule has 0 bridgehead atoms. The van der Waals surface area contributed by atoms with Crippen LogP contribution in [0.2, 0.25) is 0 Å². The van der Waals surface area contributed by atoms with Crippen molar-refractivity contribution in [2.45, 2.75) is 81.8 Å². The van der Waals surface area contributed by atoms with Crippen LogP contribution in [0.15, 0.2) is 34.1 Å². The number of esters is 1. The molecule has 2 aliphatic heterocycles. The van der Waals surface area contributed by atoms with E-state index in [-0.39, 0.29) is 54.8 Å². The fraction of sp³-hybridized carbons (Fsp3) is 0.640. The number of ether oxygens (including phenoxy) is 3. The Labute approximate surface area is 281 Å². The molecule has 2 fully saturated rings. The third-order valence-corrected chi connectivity index (χ3v) is 7.27. The van der Waals surface area contributed by atoms with Gasteiger partial charge in [0.15, 0.2) is 18.6 Å². The lowest BCUT2D eigenvalue weighted by atomic mass is 9.95. The Morgan fingerprint density at radius 2 is 1.33 bits per heavy atom. The number of carbonyl (C=O) groups excluding carboxylic acids is 1. The Bertz CT molecular complexity index is 1410. The Balaban J connectivity index is 0.000000862. The molecule has 264 valence electrons.